The Morgan fingerprint density at radius 2 is 2.16 bits per heavy atom. The highest BCUT2D eigenvalue weighted by atomic mass is 127. The van der Waals surface area contributed by atoms with Gasteiger partial charge in [0.25, 0.3) is 0 Å². The van der Waals surface area contributed by atoms with Crippen molar-refractivity contribution in [1.29, 1.82) is 0 Å². The lowest BCUT2D eigenvalue weighted by atomic mass is 10.1. The number of guanidine groups is 1. The van der Waals surface area contributed by atoms with Crippen LogP contribution in [-0.2, 0) is 19.4 Å². The predicted molar refractivity (Wildman–Crippen MR) is 109 cm³/mol. The number of aliphatic imine (C=N–C) groups is 1. The Balaban J connectivity index is 0.00000225. The number of nitrogens with one attached hydrogen (secondary N) is 2. The molecular weight excluding hydrogens is 431 g/mol. The molecule has 2 aliphatic rings. The van der Waals surface area contributed by atoms with Crippen LogP contribution in [0, 0.1) is 5.92 Å². The molecule has 0 saturated heterocycles. The Labute approximate surface area is 167 Å². The van der Waals surface area contributed by atoms with Gasteiger partial charge >= 0.3 is 0 Å². The summed E-state index contributed by atoms with van der Waals surface area (Å²) in [4.78, 5) is 9.27. The Bertz CT molecular complexity index is 575. The van der Waals surface area contributed by atoms with E-state index in [4.69, 9.17) is 4.99 Å². The van der Waals surface area contributed by atoms with Crippen molar-refractivity contribution in [2.24, 2.45) is 10.9 Å². The Morgan fingerprint density at radius 3 is 2.84 bits per heavy atom. The fraction of sp³-hybridized carbons (Fsp3) is 0.824. The molecule has 8 heteroatoms. The Hall–Kier alpha value is -0.900. The molecule has 1 fully saturated rings. The minimum atomic E-state index is -0.184. The molecule has 0 spiro atoms. The highest BCUT2D eigenvalue weighted by Crippen LogP contribution is 2.25. The van der Waals surface area contributed by atoms with Crippen molar-refractivity contribution in [3.63, 3.8) is 0 Å². The standard InChI is InChI=1S/C17H30N6O.HI/c1-3-15-21-16-9-8-13(11-23(16)22-15)20-17(18-4-2)19-10-12-6-5-7-14(12)24;/h12-14,24H,3-11H2,1-2H3,(H2,18,19,20);1H. The summed E-state index contributed by atoms with van der Waals surface area (Å²) in [5.41, 5.74) is 0. The molecule has 0 aromatic carbocycles. The third-order valence-corrected chi connectivity index (χ3v) is 5.01. The first-order valence-corrected chi connectivity index (χ1v) is 9.35. The van der Waals surface area contributed by atoms with Gasteiger partial charge in [-0.05, 0) is 26.2 Å². The van der Waals surface area contributed by atoms with E-state index in [1.165, 1.54) is 0 Å². The van der Waals surface area contributed by atoms with E-state index >= 15 is 0 Å². The highest BCUT2D eigenvalue weighted by molar-refractivity contribution is 14.0. The molecule has 1 aliphatic carbocycles. The van der Waals surface area contributed by atoms with Gasteiger partial charge in [0, 0.05) is 37.9 Å². The molecule has 25 heavy (non-hydrogen) atoms. The Kier molecular flexibility index (Phi) is 7.92. The second-order valence-electron chi connectivity index (χ2n) is 6.84. The summed E-state index contributed by atoms with van der Waals surface area (Å²) in [5.74, 6) is 3.18. The van der Waals surface area contributed by atoms with Crippen molar-refractivity contribution >= 4 is 29.9 Å². The van der Waals surface area contributed by atoms with Crippen LogP contribution in [0.4, 0.5) is 0 Å². The van der Waals surface area contributed by atoms with Crippen LogP contribution in [-0.4, -0.2) is 51.1 Å². The summed E-state index contributed by atoms with van der Waals surface area (Å²) in [7, 11) is 0. The molecule has 142 valence electrons. The summed E-state index contributed by atoms with van der Waals surface area (Å²) in [6.45, 7) is 6.52. The summed E-state index contributed by atoms with van der Waals surface area (Å²) >= 11 is 0. The van der Waals surface area contributed by atoms with E-state index < -0.39 is 0 Å². The molecule has 0 bridgehead atoms. The molecule has 0 amide bonds. The van der Waals surface area contributed by atoms with Crippen molar-refractivity contribution < 1.29 is 5.11 Å². The van der Waals surface area contributed by atoms with E-state index in [0.29, 0.717) is 18.5 Å². The zero-order chi connectivity index (χ0) is 16.9. The van der Waals surface area contributed by atoms with Crippen molar-refractivity contribution in [2.75, 3.05) is 13.1 Å². The zero-order valence-corrected chi connectivity index (χ0v) is 17.6. The molecule has 3 rings (SSSR count). The van der Waals surface area contributed by atoms with Gasteiger partial charge in [-0.25, -0.2) is 9.67 Å². The van der Waals surface area contributed by atoms with Crippen LogP contribution in [0.15, 0.2) is 4.99 Å². The average Bonchev–Trinajstić information content (AvgIpc) is 3.18. The molecule has 3 unspecified atom stereocenters. The van der Waals surface area contributed by atoms with Gasteiger partial charge in [-0.2, -0.15) is 5.10 Å². The molecular formula is C17H31IN6O. The van der Waals surface area contributed by atoms with Crippen LogP contribution in [0.1, 0.15) is 51.2 Å². The summed E-state index contributed by atoms with van der Waals surface area (Å²) in [6, 6.07) is 0.315. The van der Waals surface area contributed by atoms with Gasteiger partial charge in [0.2, 0.25) is 0 Å². The van der Waals surface area contributed by atoms with Gasteiger partial charge in [0.1, 0.15) is 5.82 Å². The van der Waals surface area contributed by atoms with Gasteiger partial charge in [-0.3, -0.25) is 4.99 Å². The number of aryl methyl sites for hydroxylation is 2. The highest BCUT2D eigenvalue weighted by Gasteiger charge is 2.25. The van der Waals surface area contributed by atoms with E-state index in [0.717, 1.165) is 69.2 Å². The normalized spacial score (nSPS) is 26.0. The van der Waals surface area contributed by atoms with Crippen molar-refractivity contribution in [1.82, 2.24) is 25.4 Å². The summed E-state index contributed by atoms with van der Waals surface area (Å²) in [5, 5.41) is 21.4. The number of aromatic nitrogens is 3. The van der Waals surface area contributed by atoms with Crippen LogP contribution in [0.5, 0.6) is 0 Å². The lowest BCUT2D eigenvalue weighted by molar-refractivity contribution is 0.136. The second-order valence-corrected chi connectivity index (χ2v) is 6.84. The second kappa shape index (κ2) is 9.70. The molecule has 1 saturated carbocycles. The number of aliphatic hydroxyl groups is 1. The molecule has 3 atom stereocenters. The number of fused-ring (bicyclic) bond motifs is 1. The van der Waals surface area contributed by atoms with Crippen LogP contribution >= 0.6 is 24.0 Å². The molecule has 1 aromatic heterocycles. The van der Waals surface area contributed by atoms with Gasteiger partial charge < -0.3 is 15.7 Å². The van der Waals surface area contributed by atoms with Crippen molar-refractivity contribution in [3.05, 3.63) is 11.6 Å². The van der Waals surface area contributed by atoms with Crippen LogP contribution < -0.4 is 10.6 Å². The van der Waals surface area contributed by atoms with Crippen LogP contribution in [0.25, 0.3) is 0 Å². The van der Waals surface area contributed by atoms with Gasteiger partial charge in [-0.15, -0.1) is 24.0 Å². The summed E-state index contributed by atoms with van der Waals surface area (Å²) < 4.78 is 2.03. The topological polar surface area (TPSA) is 87.4 Å². The van der Waals surface area contributed by atoms with Gasteiger partial charge in [0.15, 0.2) is 11.8 Å². The smallest absolute Gasteiger partial charge is 0.191 e. The fourth-order valence-corrected chi connectivity index (χ4v) is 3.58. The van der Waals surface area contributed by atoms with Crippen molar-refractivity contribution in [2.45, 2.75) is 71.1 Å². The number of hydrogen-bond acceptors (Lipinski definition) is 4. The lowest BCUT2D eigenvalue weighted by Gasteiger charge is -2.25. The number of hydrogen-bond donors (Lipinski definition) is 3. The predicted octanol–water partition coefficient (Wildman–Crippen LogP) is 1.49. The number of halogens is 1. The fourth-order valence-electron chi connectivity index (χ4n) is 3.58. The van der Waals surface area contributed by atoms with E-state index in [-0.39, 0.29) is 30.1 Å². The first-order valence-electron chi connectivity index (χ1n) is 9.35. The largest absolute Gasteiger partial charge is 0.393 e. The summed E-state index contributed by atoms with van der Waals surface area (Å²) in [6.07, 6.45) is 5.80. The number of rotatable bonds is 5. The Morgan fingerprint density at radius 1 is 1.32 bits per heavy atom. The molecule has 3 N–H and O–H groups in total. The number of aliphatic hydroxyl groups excluding tert-OH is 1. The van der Waals surface area contributed by atoms with Crippen LogP contribution in [0.2, 0.25) is 0 Å². The maximum atomic E-state index is 9.96. The maximum Gasteiger partial charge on any atom is 0.191 e. The zero-order valence-electron chi connectivity index (χ0n) is 15.2. The third-order valence-electron chi connectivity index (χ3n) is 5.01. The van der Waals surface area contributed by atoms with Gasteiger partial charge in [-0.1, -0.05) is 13.3 Å². The molecule has 0 radical (unpaired) electrons. The molecule has 7 nitrogen and oxygen atoms in total. The van der Waals surface area contributed by atoms with E-state index in [9.17, 15) is 5.11 Å². The lowest BCUT2D eigenvalue weighted by Crippen LogP contribution is -2.47. The first-order chi connectivity index (χ1) is 11.7. The number of nitrogens with zero attached hydrogens (tertiary/aromatic N) is 4. The van der Waals surface area contributed by atoms with E-state index in [1.807, 2.05) is 4.68 Å². The average molecular weight is 462 g/mol. The maximum absolute atomic E-state index is 9.96. The SMILES string of the molecule is CCNC(=NCC1CCCC1O)NC1CCc2nc(CC)nn2C1.I. The van der Waals surface area contributed by atoms with Gasteiger partial charge in [0.05, 0.1) is 12.6 Å². The molecule has 2 heterocycles. The van der Waals surface area contributed by atoms with Crippen molar-refractivity contribution in [3.8, 4) is 0 Å². The van der Waals surface area contributed by atoms with Crippen LogP contribution in [0.3, 0.4) is 0 Å². The molecule has 1 aromatic rings. The monoisotopic (exact) mass is 462 g/mol. The molecule has 1 aliphatic heterocycles. The quantitative estimate of drug-likeness (QED) is 0.351. The minimum Gasteiger partial charge on any atom is -0.393 e. The van der Waals surface area contributed by atoms with E-state index in [2.05, 4.69) is 34.6 Å². The minimum absolute atomic E-state index is 0. The van der Waals surface area contributed by atoms with E-state index in [1.54, 1.807) is 0 Å². The third kappa shape index (κ3) is 5.29. The first kappa shape index (κ1) is 20.4.